The van der Waals surface area contributed by atoms with Crippen molar-refractivity contribution in [2.75, 3.05) is 0 Å². The minimum atomic E-state index is -4.90. The number of aromatic amines is 1. The Labute approximate surface area is 128 Å². The van der Waals surface area contributed by atoms with Gasteiger partial charge in [0.05, 0.1) is 5.56 Å². The largest absolute Gasteiger partial charge is 0.419 e. The molecule has 1 N–H and O–H groups in total. The van der Waals surface area contributed by atoms with Crippen molar-refractivity contribution < 1.29 is 22.4 Å². The summed E-state index contributed by atoms with van der Waals surface area (Å²) in [5.74, 6) is -2.47. The first-order valence-electron chi connectivity index (χ1n) is 6.57. The molecule has 122 valence electrons. The number of H-pyrrole nitrogens is 1. The smallest absolute Gasteiger partial charge is 0.302 e. The Morgan fingerprint density at radius 1 is 1.35 bits per heavy atom. The van der Waals surface area contributed by atoms with Crippen LogP contribution in [0.1, 0.15) is 34.0 Å². The topological polar surface area (TPSA) is 54.9 Å². The third-order valence-corrected chi connectivity index (χ3v) is 3.34. The highest BCUT2D eigenvalue weighted by molar-refractivity contribution is 6.10. The van der Waals surface area contributed by atoms with Gasteiger partial charge in [-0.1, -0.05) is 12.7 Å². The van der Waals surface area contributed by atoms with E-state index in [1.54, 1.807) is 6.92 Å². The molecular weight excluding hydrogens is 316 g/mol. The molecule has 4 nitrogen and oxygen atoms in total. The second kappa shape index (κ2) is 5.86. The summed E-state index contributed by atoms with van der Waals surface area (Å²) in [6.07, 6.45) is -2.94. The summed E-state index contributed by atoms with van der Waals surface area (Å²) in [6.45, 7) is 5.19. The molecule has 0 saturated carbocycles. The zero-order valence-electron chi connectivity index (χ0n) is 12.0. The molecule has 8 heteroatoms. The molecule has 1 aromatic heterocycles. The fourth-order valence-corrected chi connectivity index (χ4v) is 2.16. The second-order valence-electron chi connectivity index (χ2n) is 4.66. The Hall–Kier alpha value is -2.64. The van der Waals surface area contributed by atoms with Crippen LogP contribution in [-0.2, 0) is 12.7 Å². The summed E-state index contributed by atoms with van der Waals surface area (Å²) in [6, 6.07) is 1.31. The maximum Gasteiger partial charge on any atom is 0.419 e. The zero-order chi connectivity index (χ0) is 17.4. The Balaban J connectivity index is 2.62. The predicted octanol–water partition coefficient (Wildman–Crippen LogP) is 3.23. The zero-order valence-corrected chi connectivity index (χ0v) is 12.0. The number of nitrogens with one attached hydrogen (secondary N) is 1. The van der Waals surface area contributed by atoms with Crippen LogP contribution >= 0.6 is 0 Å². The Morgan fingerprint density at radius 2 is 2.00 bits per heavy atom. The number of carbonyl (C=O) groups excluding carboxylic acids is 1. The number of nitrogens with zero attached hydrogens (tertiary/aromatic N) is 1. The van der Waals surface area contributed by atoms with Gasteiger partial charge in [-0.2, -0.15) is 13.2 Å². The number of halogens is 4. The van der Waals surface area contributed by atoms with Gasteiger partial charge in [-0.3, -0.25) is 14.3 Å². The van der Waals surface area contributed by atoms with Crippen LogP contribution in [0.15, 0.2) is 29.7 Å². The number of aromatic nitrogens is 2. The highest BCUT2D eigenvalue weighted by atomic mass is 19.4. The highest BCUT2D eigenvalue weighted by Crippen LogP contribution is 2.34. The van der Waals surface area contributed by atoms with Gasteiger partial charge in [0.15, 0.2) is 0 Å². The molecule has 23 heavy (non-hydrogen) atoms. The number of hydrogen-bond acceptors (Lipinski definition) is 2. The van der Waals surface area contributed by atoms with E-state index in [0.29, 0.717) is 6.07 Å². The minimum Gasteiger partial charge on any atom is -0.302 e. The van der Waals surface area contributed by atoms with Crippen LogP contribution in [0.5, 0.6) is 0 Å². The maximum absolute atomic E-state index is 14.0. The van der Waals surface area contributed by atoms with Crippen molar-refractivity contribution in [1.82, 2.24) is 9.78 Å². The van der Waals surface area contributed by atoms with Crippen molar-refractivity contribution in [2.24, 2.45) is 0 Å². The molecule has 1 aromatic carbocycles. The van der Waals surface area contributed by atoms with E-state index in [2.05, 4.69) is 11.7 Å². The fraction of sp³-hybridized carbons (Fsp3) is 0.200. The van der Waals surface area contributed by atoms with Crippen molar-refractivity contribution in [2.45, 2.75) is 19.6 Å². The number of hydrogen-bond donors (Lipinski definition) is 1. The number of rotatable bonds is 4. The molecule has 0 radical (unpaired) electrons. The molecule has 0 amide bonds. The first-order chi connectivity index (χ1) is 10.7. The first kappa shape index (κ1) is 16.7. The molecule has 0 saturated heterocycles. The lowest BCUT2D eigenvalue weighted by Crippen LogP contribution is -2.22. The van der Waals surface area contributed by atoms with Crippen LogP contribution in [0.4, 0.5) is 17.6 Å². The van der Waals surface area contributed by atoms with Crippen molar-refractivity contribution >= 4 is 11.9 Å². The molecule has 1 heterocycles. The fourth-order valence-electron chi connectivity index (χ4n) is 2.16. The third kappa shape index (κ3) is 2.84. The third-order valence-electron chi connectivity index (χ3n) is 3.34. The average Bonchev–Trinajstić information content (AvgIpc) is 2.85. The lowest BCUT2D eigenvalue weighted by molar-refractivity contribution is -0.140. The molecule has 0 unspecified atom stereocenters. The summed E-state index contributed by atoms with van der Waals surface area (Å²) < 4.78 is 53.3. The molecule has 0 aliphatic heterocycles. The predicted molar refractivity (Wildman–Crippen MR) is 75.7 cm³/mol. The summed E-state index contributed by atoms with van der Waals surface area (Å²) in [5, 5.41) is 2.55. The molecule has 0 aliphatic rings. The van der Waals surface area contributed by atoms with Gasteiger partial charge in [0.25, 0.3) is 5.56 Å². The first-order valence-corrected chi connectivity index (χ1v) is 6.57. The Morgan fingerprint density at radius 3 is 2.48 bits per heavy atom. The van der Waals surface area contributed by atoms with Crippen LogP contribution in [-0.4, -0.2) is 15.6 Å². The van der Waals surface area contributed by atoms with Gasteiger partial charge in [-0.15, -0.1) is 0 Å². The molecule has 0 aliphatic carbocycles. The van der Waals surface area contributed by atoms with E-state index >= 15 is 0 Å². The Bertz CT molecular complexity index is 831. The van der Waals surface area contributed by atoms with Gasteiger partial charge < -0.3 is 5.10 Å². The van der Waals surface area contributed by atoms with E-state index in [4.69, 9.17) is 0 Å². The number of benzene rings is 1. The van der Waals surface area contributed by atoms with Crippen LogP contribution in [0.25, 0.3) is 6.08 Å². The van der Waals surface area contributed by atoms with E-state index < -0.39 is 34.5 Å². The van der Waals surface area contributed by atoms with Crippen molar-refractivity contribution in [1.29, 1.82) is 0 Å². The average molecular weight is 328 g/mol. The molecule has 0 atom stereocenters. The van der Waals surface area contributed by atoms with Crippen LogP contribution in [0.3, 0.4) is 0 Å². The summed E-state index contributed by atoms with van der Waals surface area (Å²) >= 11 is 0. The summed E-state index contributed by atoms with van der Waals surface area (Å²) in [7, 11) is 0. The second-order valence-corrected chi connectivity index (χ2v) is 4.66. The molecule has 0 fully saturated rings. The van der Waals surface area contributed by atoms with Crippen molar-refractivity contribution in [3.8, 4) is 0 Å². The van der Waals surface area contributed by atoms with Crippen LogP contribution in [0, 0.1) is 5.82 Å². The molecule has 0 bridgehead atoms. The highest BCUT2D eigenvalue weighted by Gasteiger charge is 2.36. The van der Waals surface area contributed by atoms with E-state index in [1.807, 2.05) is 0 Å². The lowest BCUT2D eigenvalue weighted by Gasteiger charge is -2.12. The van der Waals surface area contributed by atoms with Gasteiger partial charge >= 0.3 is 6.18 Å². The summed E-state index contributed by atoms with van der Waals surface area (Å²) in [5.41, 5.74) is -3.36. The number of ketones is 1. The SMILES string of the molecule is C=Cc1c(C(=O)c2c[nH]n(CC)c2=O)ccc(C(F)(F)F)c1F. The van der Waals surface area contributed by atoms with Crippen molar-refractivity contribution in [3.05, 3.63) is 63.3 Å². The standard InChI is InChI=1S/C15H12F4N2O2/c1-3-8-9(5-6-11(12(8)16)15(17,18)19)13(22)10-7-20-21(4-2)14(10)23/h3,5-7,20H,1,4H2,2H3. The monoisotopic (exact) mass is 328 g/mol. The van der Waals surface area contributed by atoms with Gasteiger partial charge in [0, 0.05) is 23.9 Å². The lowest BCUT2D eigenvalue weighted by atomic mass is 9.97. The van der Waals surface area contributed by atoms with Gasteiger partial charge in [0.2, 0.25) is 5.78 Å². The molecule has 2 rings (SSSR count). The number of aryl methyl sites for hydroxylation is 1. The minimum absolute atomic E-state index is 0.280. The normalized spacial score (nSPS) is 11.5. The maximum atomic E-state index is 14.0. The van der Waals surface area contributed by atoms with Gasteiger partial charge in [-0.25, -0.2) is 4.39 Å². The van der Waals surface area contributed by atoms with E-state index in [-0.39, 0.29) is 17.7 Å². The van der Waals surface area contributed by atoms with Gasteiger partial charge in [0.1, 0.15) is 11.4 Å². The number of carbonyl (C=O) groups is 1. The Kier molecular flexibility index (Phi) is 4.26. The van der Waals surface area contributed by atoms with E-state index in [0.717, 1.165) is 23.0 Å². The van der Waals surface area contributed by atoms with Crippen molar-refractivity contribution in [3.63, 3.8) is 0 Å². The quantitative estimate of drug-likeness (QED) is 0.692. The van der Waals surface area contributed by atoms with E-state index in [9.17, 15) is 27.2 Å². The van der Waals surface area contributed by atoms with Crippen LogP contribution in [0.2, 0.25) is 0 Å². The molecule has 0 spiro atoms. The summed E-state index contributed by atoms with van der Waals surface area (Å²) in [4.78, 5) is 24.3. The molecular formula is C15H12F4N2O2. The van der Waals surface area contributed by atoms with Crippen LogP contribution < -0.4 is 5.56 Å². The van der Waals surface area contributed by atoms with E-state index in [1.165, 1.54) is 0 Å². The number of alkyl halides is 3. The van der Waals surface area contributed by atoms with Gasteiger partial charge in [-0.05, 0) is 19.1 Å². The molecule has 2 aromatic rings.